The van der Waals surface area contributed by atoms with Crippen LogP contribution in [0.2, 0.25) is 0 Å². The second kappa shape index (κ2) is 9.26. The summed E-state index contributed by atoms with van der Waals surface area (Å²) in [7, 11) is 2.94. The minimum atomic E-state index is -0.490. The average Bonchev–Trinajstić information content (AvgIpc) is 2.77. The summed E-state index contributed by atoms with van der Waals surface area (Å²) in [5.41, 5.74) is 12.8. The minimum absolute atomic E-state index is 0.0372. The minimum Gasteiger partial charge on any atom is -0.494 e. The smallest absolute Gasteiger partial charge is 0.269 e. The molecule has 0 saturated heterocycles. The van der Waals surface area contributed by atoms with Gasteiger partial charge >= 0.3 is 0 Å². The van der Waals surface area contributed by atoms with Crippen molar-refractivity contribution in [3.8, 4) is 11.5 Å². The SMILES string of the molecule is COc1cc(N=Nc2ccc(N)nc2N)c(OC)cc1N=Nc1ccc([N+](=O)[O-])cc1. The molecule has 0 spiro atoms. The summed E-state index contributed by atoms with van der Waals surface area (Å²) in [6.07, 6.45) is 0. The number of nitrogens with zero attached hydrogens (tertiary/aromatic N) is 6. The third-order valence-corrected chi connectivity index (χ3v) is 4.00. The lowest BCUT2D eigenvalue weighted by Gasteiger charge is -2.09. The fourth-order valence-corrected chi connectivity index (χ4v) is 2.45. The number of rotatable bonds is 7. The predicted octanol–water partition coefficient (Wildman–Crippen LogP) is 5.00. The Balaban J connectivity index is 1.90. The molecule has 3 rings (SSSR count). The molecule has 0 aliphatic heterocycles. The van der Waals surface area contributed by atoms with Crippen LogP contribution in [0.5, 0.6) is 11.5 Å². The summed E-state index contributed by atoms with van der Waals surface area (Å²) in [5.74, 6) is 1.15. The first-order valence-corrected chi connectivity index (χ1v) is 8.77. The number of nitrogen functional groups attached to an aromatic ring is 2. The van der Waals surface area contributed by atoms with Gasteiger partial charge in [0.05, 0.1) is 24.8 Å². The molecular formula is C19H18N8O4. The number of non-ortho nitro benzene ring substituents is 1. The summed E-state index contributed by atoms with van der Waals surface area (Å²) in [4.78, 5) is 14.2. The van der Waals surface area contributed by atoms with Gasteiger partial charge in [-0.05, 0) is 24.3 Å². The number of aromatic nitrogens is 1. The maximum Gasteiger partial charge on any atom is 0.269 e. The molecule has 0 amide bonds. The largest absolute Gasteiger partial charge is 0.494 e. The van der Waals surface area contributed by atoms with E-state index < -0.39 is 4.92 Å². The van der Waals surface area contributed by atoms with Crippen molar-refractivity contribution in [1.82, 2.24) is 4.98 Å². The van der Waals surface area contributed by atoms with Gasteiger partial charge in [0.15, 0.2) is 5.82 Å². The Labute approximate surface area is 176 Å². The number of nitrogens with two attached hydrogens (primary N) is 2. The normalized spacial score (nSPS) is 11.2. The van der Waals surface area contributed by atoms with Crippen molar-refractivity contribution in [2.45, 2.75) is 0 Å². The van der Waals surface area contributed by atoms with Gasteiger partial charge in [0, 0.05) is 24.3 Å². The maximum absolute atomic E-state index is 10.7. The van der Waals surface area contributed by atoms with E-state index in [1.807, 2.05) is 0 Å². The number of azo groups is 2. The first kappa shape index (κ1) is 21.1. The molecule has 12 nitrogen and oxygen atoms in total. The van der Waals surface area contributed by atoms with Crippen molar-refractivity contribution in [2.24, 2.45) is 20.5 Å². The third-order valence-electron chi connectivity index (χ3n) is 4.00. The molecule has 0 aliphatic carbocycles. The molecule has 0 saturated carbocycles. The van der Waals surface area contributed by atoms with Crippen LogP contribution in [-0.4, -0.2) is 24.1 Å². The fourth-order valence-electron chi connectivity index (χ4n) is 2.45. The van der Waals surface area contributed by atoms with Gasteiger partial charge in [-0.25, -0.2) is 4.98 Å². The zero-order valence-corrected chi connectivity index (χ0v) is 16.6. The van der Waals surface area contributed by atoms with Crippen LogP contribution in [0.1, 0.15) is 0 Å². The first-order valence-electron chi connectivity index (χ1n) is 8.77. The molecule has 1 heterocycles. The van der Waals surface area contributed by atoms with Gasteiger partial charge in [0.1, 0.15) is 34.4 Å². The van der Waals surface area contributed by atoms with Crippen LogP contribution in [0.3, 0.4) is 0 Å². The molecule has 0 unspecified atom stereocenters. The number of pyridine rings is 1. The summed E-state index contributed by atoms with van der Waals surface area (Å²) < 4.78 is 10.7. The Hall–Kier alpha value is -4.61. The summed E-state index contributed by atoms with van der Waals surface area (Å²) >= 11 is 0. The second-order valence-corrected chi connectivity index (χ2v) is 6.01. The molecule has 0 aliphatic rings. The Bertz CT molecular complexity index is 1160. The molecular weight excluding hydrogens is 404 g/mol. The van der Waals surface area contributed by atoms with Crippen LogP contribution >= 0.6 is 0 Å². The average molecular weight is 422 g/mol. The quantitative estimate of drug-likeness (QED) is 0.305. The zero-order valence-electron chi connectivity index (χ0n) is 16.6. The second-order valence-electron chi connectivity index (χ2n) is 6.01. The van der Waals surface area contributed by atoms with E-state index in [1.165, 1.54) is 38.5 Å². The molecule has 31 heavy (non-hydrogen) atoms. The van der Waals surface area contributed by atoms with E-state index in [9.17, 15) is 10.1 Å². The molecule has 0 atom stereocenters. The van der Waals surface area contributed by atoms with Gasteiger partial charge in [-0.2, -0.15) is 5.11 Å². The van der Waals surface area contributed by atoms with Crippen LogP contribution in [0.25, 0.3) is 0 Å². The Morgan fingerprint density at radius 3 is 1.90 bits per heavy atom. The van der Waals surface area contributed by atoms with Gasteiger partial charge < -0.3 is 20.9 Å². The van der Waals surface area contributed by atoms with E-state index in [0.29, 0.717) is 34.2 Å². The lowest BCUT2D eigenvalue weighted by atomic mass is 10.2. The molecule has 12 heteroatoms. The van der Waals surface area contributed by atoms with E-state index in [1.54, 1.807) is 24.3 Å². The van der Waals surface area contributed by atoms with E-state index in [2.05, 4.69) is 25.4 Å². The van der Waals surface area contributed by atoms with E-state index in [0.717, 1.165) is 0 Å². The van der Waals surface area contributed by atoms with Crippen molar-refractivity contribution in [2.75, 3.05) is 25.7 Å². The number of hydrogen-bond donors (Lipinski definition) is 2. The maximum atomic E-state index is 10.7. The van der Waals surface area contributed by atoms with Crippen LogP contribution < -0.4 is 20.9 Å². The molecule has 158 valence electrons. The number of benzene rings is 2. The molecule has 0 radical (unpaired) electrons. The van der Waals surface area contributed by atoms with Crippen molar-refractivity contribution >= 4 is 40.1 Å². The Kier molecular flexibility index (Phi) is 6.30. The predicted molar refractivity (Wildman–Crippen MR) is 114 cm³/mol. The Morgan fingerprint density at radius 1 is 0.839 bits per heavy atom. The summed E-state index contributed by atoms with van der Waals surface area (Å²) in [6.45, 7) is 0. The van der Waals surface area contributed by atoms with Gasteiger partial charge in [0.25, 0.3) is 5.69 Å². The molecule has 3 aromatic rings. The topological polar surface area (TPSA) is 176 Å². The monoisotopic (exact) mass is 422 g/mol. The van der Waals surface area contributed by atoms with Crippen molar-refractivity contribution in [3.63, 3.8) is 0 Å². The highest BCUT2D eigenvalue weighted by Crippen LogP contribution is 2.41. The van der Waals surface area contributed by atoms with E-state index in [-0.39, 0.29) is 17.3 Å². The van der Waals surface area contributed by atoms with Crippen LogP contribution in [0.4, 0.5) is 40.1 Å². The molecule has 4 N–H and O–H groups in total. The molecule has 0 fully saturated rings. The summed E-state index contributed by atoms with van der Waals surface area (Å²) in [5, 5.41) is 27.2. The van der Waals surface area contributed by atoms with Crippen molar-refractivity contribution < 1.29 is 14.4 Å². The summed E-state index contributed by atoms with van der Waals surface area (Å²) in [6, 6.07) is 12.0. The number of hydrogen-bond acceptors (Lipinski definition) is 11. The number of ether oxygens (including phenoxy) is 2. The van der Waals surface area contributed by atoms with E-state index >= 15 is 0 Å². The number of methoxy groups -OCH3 is 2. The van der Waals surface area contributed by atoms with E-state index in [4.69, 9.17) is 20.9 Å². The van der Waals surface area contributed by atoms with Gasteiger partial charge in [0.2, 0.25) is 0 Å². The van der Waals surface area contributed by atoms with Gasteiger partial charge in [-0.3, -0.25) is 10.1 Å². The molecule has 0 bridgehead atoms. The van der Waals surface area contributed by atoms with Crippen LogP contribution in [-0.2, 0) is 0 Å². The first-order chi connectivity index (χ1) is 14.9. The standard InChI is InChI=1S/C19H18N8O4/c1-30-16-10-15(26-24-13-7-8-18(20)22-19(13)21)17(31-2)9-14(16)25-23-11-3-5-12(6-4-11)27(28)29/h3-10H,1-2H3,(H4,20,21,22). The highest BCUT2D eigenvalue weighted by molar-refractivity contribution is 5.67. The molecule has 2 aromatic carbocycles. The fraction of sp³-hybridized carbons (Fsp3) is 0.105. The number of nitro groups is 1. The van der Waals surface area contributed by atoms with Crippen molar-refractivity contribution in [1.29, 1.82) is 0 Å². The Morgan fingerprint density at radius 2 is 1.39 bits per heavy atom. The van der Waals surface area contributed by atoms with Crippen molar-refractivity contribution in [3.05, 3.63) is 58.6 Å². The number of nitro benzene ring substituents is 1. The van der Waals surface area contributed by atoms with Crippen LogP contribution in [0, 0.1) is 10.1 Å². The van der Waals surface area contributed by atoms with Gasteiger partial charge in [-0.15, -0.1) is 15.3 Å². The van der Waals surface area contributed by atoms with Crippen LogP contribution in [0.15, 0.2) is 69.0 Å². The zero-order chi connectivity index (χ0) is 22.4. The molecule has 1 aromatic heterocycles. The highest BCUT2D eigenvalue weighted by Gasteiger charge is 2.12. The lowest BCUT2D eigenvalue weighted by Crippen LogP contribution is -1.95. The lowest BCUT2D eigenvalue weighted by molar-refractivity contribution is -0.384. The highest BCUT2D eigenvalue weighted by atomic mass is 16.6. The number of anilines is 2. The third kappa shape index (κ3) is 5.06. The van der Waals surface area contributed by atoms with Gasteiger partial charge in [-0.1, -0.05) is 0 Å².